The molecule has 0 aliphatic carbocycles. The summed E-state index contributed by atoms with van der Waals surface area (Å²) in [5.74, 6) is 0.834. The van der Waals surface area contributed by atoms with Gasteiger partial charge in [0.05, 0.1) is 16.8 Å². The number of hydrogen-bond donors (Lipinski definition) is 1. The lowest BCUT2D eigenvalue weighted by molar-refractivity contribution is 0.0217. The van der Waals surface area contributed by atoms with Gasteiger partial charge >= 0.3 is 0 Å². The monoisotopic (exact) mass is 242 g/mol. The molecule has 1 aromatic heterocycles. The Kier molecular flexibility index (Phi) is 3.33. The predicted molar refractivity (Wildman–Crippen MR) is 63.0 cm³/mol. The summed E-state index contributed by atoms with van der Waals surface area (Å²) >= 11 is 5.92. The van der Waals surface area contributed by atoms with E-state index in [1.165, 1.54) is 0 Å². The highest BCUT2D eigenvalue weighted by molar-refractivity contribution is 6.31. The molecule has 1 aliphatic heterocycles. The van der Waals surface area contributed by atoms with E-state index in [0.29, 0.717) is 18.1 Å². The number of rotatable bonds is 2. The van der Waals surface area contributed by atoms with Crippen molar-refractivity contribution < 1.29 is 9.84 Å². The first-order chi connectivity index (χ1) is 7.61. The van der Waals surface area contributed by atoms with Gasteiger partial charge in [0, 0.05) is 20.2 Å². The van der Waals surface area contributed by atoms with Crippen molar-refractivity contribution in [3.8, 4) is 0 Å². The van der Waals surface area contributed by atoms with Crippen LogP contribution < -0.4 is 4.90 Å². The summed E-state index contributed by atoms with van der Waals surface area (Å²) in [5, 5.41) is 10.4. The van der Waals surface area contributed by atoms with Gasteiger partial charge in [0.15, 0.2) is 0 Å². The van der Waals surface area contributed by atoms with Crippen LogP contribution in [0.15, 0.2) is 12.1 Å². The van der Waals surface area contributed by atoms with E-state index in [1.54, 1.807) is 7.11 Å². The van der Waals surface area contributed by atoms with Gasteiger partial charge in [0.2, 0.25) is 0 Å². The Labute approximate surface area is 99.8 Å². The number of β-amino-alcohol motifs (C(OH)–C–C–N with tert-alkyl or cyclic N) is 1. The van der Waals surface area contributed by atoms with Gasteiger partial charge in [-0.1, -0.05) is 11.6 Å². The van der Waals surface area contributed by atoms with E-state index in [1.807, 2.05) is 24.0 Å². The van der Waals surface area contributed by atoms with Crippen LogP contribution in [0.25, 0.3) is 0 Å². The molecule has 1 aliphatic rings. The van der Waals surface area contributed by atoms with Crippen molar-refractivity contribution in [1.29, 1.82) is 0 Å². The average Bonchev–Trinajstić information content (AvgIpc) is 2.64. The molecule has 4 nitrogen and oxygen atoms in total. The number of aliphatic hydroxyl groups excluding tert-OH is 1. The normalized spacial score (nSPS) is 25.1. The van der Waals surface area contributed by atoms with E-state index < -0.39 is 6.10 Å². The summed E-state index contributed by atoms with van der Waals surface area (Å²) in [4.78, 5) is 6.39. The van der Waals surface area contributed by atoms with Crippen molar-refractivity contribution in [2.75, 3.05) is 25.1 Å². The third kappa shape index (κ3) is 2.14. The zero-order valence-electron chi connectivity index (χ0n) is 9.35. The molecule has 1 aromatic rings. The Morgan fingerprint density at radius 3 is 2.81 bits per heavy atom. The van der Waals surface area contributed by atoms with E-state index in [2.05, 4.69) is 4.98 Å². The number of ether oxygens (including phenoxy) is 1. The average molecular weight is 243 g/mol. The van der Waals surface area contributed by atoms with Crippen molar-refractivity contribution >= 4 is 17.4 Å². The van der Waals surface area contributed by atoms with Crippen LogP contribution >= 0.6 is 11.6 Å². The number of nitrogens with zero attached hydrogens (tertiary/aromatic N) is 2. The van der Waals surface area contributed by atoms with Crippen LogP contribution in [0.4, 0.5) is 5.82 Å². The van der Waals surface area contributed by atoms with Crippen LogP contribution in [0, 0.1) is 6.92 Å². The smallest absolute Gasteiger partial charge is 0.129 e. The number of aliphatic hydroxyl groups is 1. The minimum absolute atomic E-state index is 0.141. The number of hydrogen-bond acceptors (Lipinski definition) is 4. The van der Waals surface area contributed by atoms with Gasteiger partial charge in [-0.15, -0.1) is 0 Å². The molecule has 0 amide bonds. The molecule has 0 spiro atoms. The van der Waals surface area contributed by atoms with Crippen LogP contribution in [0.3, 0.4) is 0 Å². The Morgan fingerprint density at radius 1 is 1.50 bits per heavy atom. The van der Waals surface area contributed by atoms with Crippen molar-refractivity contribution in [3.63, 3.8) is 0 Å². The van der Waals surface area contributed by atoms with Gasteiger partial charge in [-0.25, -0.2) is 4.98 Å². The fraction of sp³-hybridized carbons (Fsp3) is 0.545. The van der Waals surface area contributed by atoms with Gasteiger partial charge in [-0.3, -0.25) is 0 Å². The SMILES string of the molecule is CO[C@H]1CN(c2ccc(Cl)c(C)n2)C[C@@H]1O. The zero-order valence-corrected chi connectivity index (χ0v) is 10.1. The fourth-order valence-corrected chi connectivity index (χ4v) is 1.99. The minimum atomic E-state index is -0.456. The summed E-state index contributed by atoms with van der Waals surface area (Å²) in [6.45, 7) is 3.07. The molecule has 1 saturated heterocycles. The summed E-state index contributed by atoms with van der Waals surface area (Å²) in [6.07, 6.45) is -0.597. The number of halogens is 1. The van der Waals surface area contributed by atoms with Crippen molar-refractivity contribution in [3.05, 3.63) is 22.8 Å². The highest BCUT2D eigenvalue weighted by Crippen LogP contribution is 2.23. The molecular weight excluding hydrogens is 228 g/mol. The van der Waals surface area contributed by atoms with Crippen LogP contribution in [0.5, 0.6) is 0 Å². The molecule has 5 heteroatoms. The molecule has 0 saturated carbocycles. The maximum atomic E-state index is 9.72. The fourth-order valence-electron chi connectivity index (χ4n) is 1.88. The molecule has 0 radical (unpaired) electrons. The third-order valence-corrected chi connectivity index (χ3v) is 3.27. The molecule has 1 N–H and O–H groups in total. The van der Waals surface area contributed by atoms with E-state index >= 15 is 0 Å². The van der Waals surface area contributed by atoms with Crippen molar-refractivity contribution in [2.45, 2.75) is 19.1 Å². The van der Waals surface area contributed by atoms with Gasteiger partial charge in [0.1, 0.15) is 11.9 Å². The van der Waals surface area contributed by atoms with E-state index in [9.17, 15) is 5.11 Å². The van der Waals surface area contributed by atoms with Gasteiger partial charge in [-0.05, 0) is 19.1 Å². The standard InChI is InChI=1S/C11H15ClN2O2/c1-7-8(12)3-4-11(13-7)14-5-9(15)10(6-14)16-2/h3-4,9-10,15H,5-6H2,1-2H3/t9-,10-/m0/s1. The molecular formula is C11H15ClN2O2. The first-order valence-corrected chi connectivity index (χ1v) is 5.58. The topological polar surface area (TPSA) is 45.6 Å². The Balaban J connectivity index is 2.17. The van der Waals surface area contributed by atoms with Crippen molar-refractivity contribution in [2.24, 2.45) is 0 Å². The second-order valence-electron chi connectivity index (χ2n) is 3.98. The Morgan fingerprint density at radius 2 is 2.25 bits per heavy atom. The lowest BCUT2D eigenvalue weighted by Crippen LogP contribution is -2.25. The lowest BCUT2D eigenvalue weighted by atomic mass is 10.3. The number of anilines is 1. The molecule has 88 valence electrons. The molecule has 2 heterocycles. The van der Waals surface area contributed by atoms with Crippen LogP contribution in [0.2, 0.25) is 5.02 Å². The van der Waals surface area contributed by atoms with Gasteiger partial charge in [0.25, 0.3) is 0 Å². The van der Waals surface area contributed by atoms with E-state index in [0.717, 1.165) is 11.5 Å². The maximum Gasteiger partial charge on any atom is 0.129 e. The molecule has 2 rings (SSSR count). The Hall–Kier alpha value is -0.840. The summed E-state index contributed by atoms with van der Waals surface area (Å²) < 4.78 is 5.18. The van der Waals surface area contributed by atoms with Gasteiger partial charge < -0.3 is 14.7 Å². The van der Waals surface area contributed by atoms with E-state index in [-0.39, 0.29) is 6.10 Å². The highest BCUT2D eigenvalue weighted by Gasteiger charge is 2.31. The summed E-state index contributed by atoms with van der Waals surface area (Å²) in [6, 6.07) is 3.69. The first-order valence-electron chi connectivity index (χ1n) is 5.20. The first kappa shape index (κ1) is 11.6. The number of aryl methyl sites for hydroxylation is 1. The minimum Gasteiger partial charge on any atom is -0.388 e. The number of methoxy groups -OCH3 is 1. The second kappa shape index (κ2) is 4.57. The van der Waals surface area contributed by atoms with Crippen LogP contribution in [-0.2, 0) is 4.74 Å². The highest BCUT2D eigenvalue weighted by atomic mass is 35.5. The second-order valence-corrected chi connectivity index (χ2v) is 4.39. The predicted octanol–water partition coefficient (Wildman–Crippen LogP) is 1.24. The summed E-state index contributed by atoms with van der Waals surface area (Å²) in [7, 11) is 1.61. The molecule has 2 atom stereocenters. The lowest BCUT2D eigenvalue weighted by Gasteiger charge is -2.17. The largest absolute Gasteiger partial charge is 0.388 e. The molecule has 0 unspecified atom stereocenters. The van der Waals surface area contributed by atoms with E-state index in [4.69, 9.17) is 16.3 Å². The van der Waals surface area contributed by atoms with Crippen LogP contribution in [0.1, 0.15) is 5.69 Å². The summed E-state index contributed by atoms with van der Waals surface area (Å²) in [5.41, 5.74) is 0.800. The van der Waals surface area contributed by atoms with Crippen LogP contribution in [-0.4, -0.2) is 42.5 Å². The number of pyridine rings is 1. The third-order valence-electron chi connectivity index (χ3n) is 2.87. The van der Waals surface area contributed by atoms with Crippen molar-refractivity contribution in [1.82, 2.24) is 4.98 Å². The molecule has 0 bridgehead atoms. The zero-order chi connectivity index (χ0) is 11.7. The Bertz CT molecular complexity index is 386. The maximum absolute atomic E-state index is 9.72. The molecule has 1 fully saturated rings. The number of aromatic nitrogens is 1. The molecule has 0 aromatic carbocycles. The van der Waals surface area contributed by atoms with Gasteiger partial charge in [-0.2, -0.15) is 0 Å². The quantitative estimate of drug-likeness (QED) is 0.848. The molecule has 16 heavy (non-hydrogen) atoms.